The Bertz CT molecular complexity index is 351. The molecule has 0 aromatic carbocycles. The van der Waals surface area contributed by atoms with Crippen LogP contribution in [-0.2, 0) is 22.4 Å². The molecule has 0 unspecified atom stereocenters. The first-order valence-electron chi connectivity index (χ1n) is 5.50. The Morgan fingerprint density at radius 1 is 1.50 bits per heavy atom. The summed E-state index contributed by atoms with van der Waals surface area (Å²) in [7, 11) is 0. The smallest absolute Gasteiger partial charge is 0.293 e. The average Bonchev–Trinajstić information content (AvgIpc) is 2.22. The third kappa shape index (κ3) is 3.96. The minimum absolute atomic E-state index is 0.365. The summed E-state index contributed by atoms with van der Waals surface area (Å²) in [6.45, 7) is 7.04. The summed E-state index contributed by atoms with van der Waals surface area (Å²) in [5, 5.41) is 0. The Labute approximate surface area is 96.1 Å². The minimum Gasteiger partial charge on any atom is -0.467 e. The standard InChI is InChI=1S/C12H18N2O2/c1-9(2)6-11-7-13-10(3)12(14-11)4-5-16-8-15/h7-9H,4-6H2,1-3H3. The van der Waals surface area contributed by atoms with Gasteiger partial charge < -0.3 is 4.74 Å². The van der Waals surface area contributed by atoms with Crippen molar-refractivity contribution < 1.29 is 9.53 Å². The lowest BCUT2D eigenvalue weighted by atomic mass is 10.1. The SMILES string of the molecule is Cc1ncc(CC(C)C)nc1CCOC=O. The maximum Gasteiger partial charge on any atom is 0.293 e. The van der Waals surface area contributed by atoms with Gasteiger partial charge in [0, 0.05) is 12.6 Å². The highest BCUT2D eigenvalue weighted by atomic mass is 16.5. The van der Waals surface area contributed by atoms with E-state index in [0.717, 1.165) is 23.5 Å². The fourth-order valence-electron chi connectivity index (χ4n) is 1.49. The van der Waals surface area contributed by atoms with Crippen molar-refractivity contribution in [1.82, 2.24) is 9.97 Å². The molecular weight excluding hydrogens is 204 g/mol. The first-order valence-corrected chi connectivity index (χ1v) is 5.50. The molecule has 0 aliphatic rings. The van der Waals surface area contributed by atoms with Gasteiger partial charge >= 0.3 is 0 Å². The van der Waals surface area contributed by atoms with E-state index < -0.39 is 0 Å². The average molecular weight is 222 g/mol. The summed E-state index contributed by atoms with van der Waals surface area (Å²) < 4.78 is 4.67. The van der Waals surface area contributed by atoms with Crippen molar-refractivity contribution in [2.24, 2.45) is 5.92 Å². The lowest BCUT2D eigenvalue weighted by Crippen LogP contribution is -2.07. The van der Waals surface area contributed by atoms with Crippen molar-refractivity contribution in [3.05, 3.63) is 23.3 Å². The second kappa shape index (κ2) is 6.20. The number of nitrogens with zero attached hydrogens (tertiary/aromatic N) is 2. The predicted molar refractivity (Wildman–Crippen MR) is 61.0 cm³/mol. The molecule has 0 radical (unpaired) electrons. The van der Waals surface area contributed by atoms with Gasteiger partial charge in [-0.1, -0.05) is 13.8 Å². The topological polar surface area (TPSA) is 52.1 Å². The molecule has 0 N–H and O–H groups in total. The van der Waals surface area contributed by atoms with Crippen LogP contribution in [-0.4, -0.2) is 23.0 Å². The Hall–Kier alpha value is -1.45. The van der Waals surface area contributed by atoms with E-state index in [1.165, 1.54) is 0 Å². The van der Waals surface area contributed by atoms with Gasteiger partial charge in [0.2, 0.25) is 0 Å². The molecule has 0 atom stereocenters. The minimum atomic E-state index is 0.365. The molecule has 1 aromatic heterocycles. The number of aryl methyl sites for hydroxylation is 1. The number of carbonyl (C=O) groups excluding carboxylic acids is 1. The number of hydrogen-bond acceptors (Lipinski definition) is 4. The largest absolute Gasteiger partial charge is 0.467 e. The molecule has 1 aromatic rings. The van der Waals surface area contributed by atoms with Crippen molar-refractivity contribution in [1.29, 1.82) is 0 Å². The van der Waals surface area contributed by atoms with E-state index in [0.29, 0.717) is 25.4 Å². The van der Waals surface area contributed by atoms with Gasteiger partial charge in [-0.2, -0.15) is 0 Å². The lowest BCUT2D eigenvalue weighted by Gasteiger charge is -2.08. The van der Waals surface area contributed by atoms with Crippen LogP contribution in [0.5, 0.6) is 0 Å². The molecule has 4 heteroatoms. The molecule has 0 fully saturated rings. The van der Waals surface area contributed by atoms with E-state index in [1.54, 1.807) is 0 Å². The molecule has 0 bridgehead atoms. The maximum atomic E-state index is 10.0. The molecule has 0 saturated heterocycles. The number of rotatable bonds is 6. The monoisotopic (exact) mass is 222 g/mol. The number of carbonyl (C=O) groups is 1. The fraction of sp³-hybridized carbons (Fsp3) is 0.583. The van der Waals surface area contributed by atoms with Gasteiger partial charge in [0.1, 0.15) is 0 Å². The van der Waals surface area contributed by atoms with Crippen LogP contribution in [0.15, 0.2) is 6.20 Å². The molecule has 0 aliphatic heterocycles. The molecule has 1 heterocycles. The van der Waals surface area contributed by atoms with Crippen molar-refractivity contribution in [2.45, 2.75) is 33.6 Å². The maximum absolute atomic E-state index is 10.0. The van der Waals surface area contributed by atoms with Gasteiger partial charge in [-0.3, -0.25) is 14.8 Å². The number of aromatic nitrogens is 2. The van der Waals surface area contributed by atoms with Crippen molar-refractivity contribution in [3.63, 3.8) is 0 Å². The van der Waals surface area contributed by atoms with Crippen LogP contribution in [0.25, 0.3) is 0 Å². The van der Waals surface area contributed by atoms with Gasteiger partial charge in [-0.05, 0) is 19.3 Å². The molecule has 4 nitrogen and oxygen atoms in total. The first kappa shape index (κ1) is 12.6. The van der Waals surface area contributed by atoms with Crippen LogP contribution in [0.1, 0.15) is 30.9 Å². The highest BCUT2D eigenvalue weighted by Crippen LogP contribution is 2.08. The quantitative estimate of drug-likeness (QED) is 0.543. The Balaban J connectivity index is 2.69. The Kier molecular flexibility index (Phi) is 4.89. The Morgan fingerprint density at radius 2 is 2.25 bits per heavy atom. The van der Waals surface area contributed by atoms with Crippen molar-refractivity contribution >= 4 is 6.47 Å². The van der Waals surface area contributed by atoms with Gasteiger partial charge in [0.25, 0.3) is 6.47 Å². The van der Waals surface area contributed by atoms with E-state index in [4.69, 9.17) is 0 Å². The zero-order valence-corrected chi connectivity index (χ0v) is 10.1. The zero-order chi connectivity index (χ0) is 12.0. The fourth-order valence-corrected chi connectivity index (χ4v) is 1.49. The Morgan fingerprint density at radius 3 is 2.88 bits per heavy atom. The van der Waals surface area contributed by atoms with Crippen LogP contribution < -0.4 is 0 Å². The molecule has 0 aliphatic carbocycles. The second-order valence-electron chi connectivity index (χ2n) is 4.21. The van der Waals surface area contributed by atoms with Crippen LogP contribution in [0.2, 0.25) is 0 Å². The predicted octanol–water partition coefficient (Wildman–Crippen LogP) is 1.70. The van der Waals surface area contributed by atoms with E-state index in [1.807, 2.05) is 13.1 Å². The van der Waals surface area contributed by atoms with Crippen LogP contribution in [0, 0.1) is 12.8 Å². The van der Waals surface area contributed by atoms with Crippen LogP contribution in [0.4, 0.5) is 0 Å². The number of hydrogen-bond donors (Lipinski definition) is 0. The summed E-state index contributed by atoms with van der Waals surface area (Å²) in [5.41, 5.74) is 2.82. The third-order valence-corrected chi connectivity index (χ3v) is 2.25. The summed E-state index contributed by atoms with van der Waals surface area (Å²) >= 11 is 0. The summed E-state index contributed by atoms with van der Waals surface area (Å²) in [6.07, 6.45) is 3.37. The van der Waals surface area contributed by atoms with Crippen molar-refractivity contribution in [2.75, 3.05) is 6.61 Å². The van der Waals surface area contributed by atoms with E-state index >= 15 is 0 Å². The highest BCUT2D eigenvalue weighted by molar-refractivity contribution is 5.36. The summed E-state index contributed by atoms with van der Waals surface area (Å²) in [6, 6.07) is 0. The summed E-state index contributed by atoms with van der Waals surface area (Å²) in [4.78, 5) is 18.9. The zero-order valence-electron chi connectivity index (χ0n) is 10.1. The van der Waals surface area contributed by atoms with Gasteiger partial charge in [0.05, 0.1) is 23.7 Å². The molecular formula is C12H18N2O2. The molecule has 0 amide bonds. The summed E-state index contributed by atoms with van der Waals surface area (Å²) in [5.74, 6) is 0.566. The van der Waals surface area contributed by atoms with E-state index in [-0.39, 0.29) is 0 Å². The first-order chi connectivity index (χ1) is 7.63. The van der Waals surface area contributed by atoms with Gasteiger partial charge in [-0.25, -0.2) is 0 Å². The van der Waals surface area contributed by atoms with E-state index in [9.17, 15) is 4.79 Å². The lowest BCUT2D eigenvalue weighted by molar-refractivity contribution is -0.128. The van der Waals surface area contributed by atoms with Crippen LogP contribution in [0.3, 0.4) is 0 Å². The normalized spacial score (nSPS) is 10.5. The number of ether oxygens (including phenoxy) is 1. The second-order valence-corrected chi connectivity index (χ2v) is 4.21. The molecule has 0 spiro atoms. The van der Waals surface area contributed by atoms with Crippen LogP contribution >= 0.6 is 0 Å². The van der Waals surface area contributed by atoms with E-state index in [2.05, 4.69) is 28.6 Å². The molecule has 1 rings (SSSR count). The molecule has 16 heavy (non-hydrogen) atoms. The third-order valence-electron chi connectivity index (χ3n) is 2.25. The highest BCUT2D eigenvalue weighted by Gasteiger charge is 2.05. The molecule has 88 valence electrons. The van der Waals surface area contributed by atoms with Crippen molar-refractivity contribution in [3.8, 4) is 0 Å². The van der Waals surface area contributed by atoms with Gasteiger partial charge in [-0.15, -0.1) is 0 Å². The molecule has 0 saturated carbocycles. The van der Waals surface area contributed by atoms with Gasteiger partial charge in [0.15, 0.2) is 0 Å².